The number of oxazole rings is 1. The molecule has 41 heavy (non-hydrogen) atoms. The summed E-state index contributed by atoms with van der Waals surface area (Å²) in [5.41, 5.74) is 5.09. The average molecular weight is 542 g/mol. The van der Waals surface area contributed by atoms with Gasteiger partial charge in [-0.3, -0.25) is 0 Å². The third-order valence-corrected chi connectivity index (χ3v) is 6.86. The molecule has 0 saturated carbocycles. The maximum Gasteiger partial charge on any atom is 0.226 e. The largest absolute Gasteiger partial charge is 0.487 e. The molecule has 0 unspecified atom stereocenters. The molecule has 0 fully saturated rings. The fourth-order valence-corrected chi connectivity index (χ4v) is 4.70. The van der Waals surface area contributed by atoms with Crippen LogP contribution in [0.15, 0.2) is 139 Å². The molecule has 0 bridgehead atoms. The molecule has 6 nitrogen and oxygen atoms in total. The van der Waals surface area contributed by atoms with Crippen molar-refractivity contribution >= 4 is 0 Å². The number of aromatic nitrogens is 3. The van der Waals surface area contributed by atoms with Gasteiger partial charge in [-0.05, 0) is 65.9 Å². The molecule has 0 N–H and O–H groups in total. The zero-order valence-corrected chi connectivity index (χ0v) is 22.7. The number of imidazole rings is 1. The highest BCUT2D eigenvalue weighted by atomic mass is 16.5. The zero-order valence-electron chi connectivity index (χ0n) is 22.7. The minimum atomic E-state index is -0.204. The van der Waals surface area contributed by atoms with Gasteiger partial charge in [-0.25, -0.2) is 9.97 Å². The molecule has 0 aliphatic rings. The molecule has 0 radical (unpaired) electrons. The van der Waals surface area contributed by atoms with Crippen molar-refractivity contribution in [2.75, 3.05) is 0 Å². The van der Waals surface area contributed by atoms with E-state index in [0.29, 0.717) is 12.5 Å². The monoisotopic (exact) mass is 541 g/mol. The molecule has 0 atom stereocenters. The second-order valence-corrected chi connectivity index (χ2v) is 9.82. The van der Waals surface area contributed by atoms with Crippen LogP contribution in [-0.4, -0.2) is 14.5 Å². The van der Waals surface area contributed by atoms with Crippen LogP contribution in [0.1, 0.15) is 34.9 Å². The van der Waals surface area contributed by atoms with Gasteiger partial charge in [-0.15, -0.1) is 0 Å². The summed E-state index contributed by atoms with van der Waals surface area (Å²) in [6.45, 7) is 1.30. The lowest BCUT2D eigenvalue weighted by Gasteiger charge is -2.20. The molecule has 4 aromatic carbocycles. The van der Waals surface area contributed by atoms with Crippen molar-refractivity contribution in [2.24, 2.45) is 0 Å². The summed E-state index contributed by atoms with van der Waals surface area (Å²) in [6.07, 6.45) is 9.16. The normalized spacial score (nSPS) is 11.0. The Morgan fingerprint density at radius 2 is 1.44 bits per heavy atom. The molecule has 6 aromatic rings. The van der Waals surface area contributed by atoms with Crippen LogP contribution >= 0.6 is 0 Å². The van der Waals surface area contributed by atoms with Gasteiger partial charge in [0.2, 0.25) is 5.89 Å². The van der Waals surface area contributed by atoms with Gasteiger partial charge < -0.3 is 18.5 Å². The van der Waals surface area contributed by atoms with E-state index in [-0.39, 0.29) is 6.10 Å². The van der Waals surface area contributed by atoms with Crippen LogP contribution in [-0.2, 0) is 19.6 Å². The van der Waals surface area contributed by atoms with Crippen LogP contribution in [0.3, 0.4) is 0 Å². The van der Waals surface area contributed by atoms with E-state index in [4.69, 9.17) is 13.9 Å². The number of aryl methyl sites for hydroxylation is 2. The van der Waals surface area contributed by atoms with Crippen molar-refractivity contribution in [3.05, 3.63) is 157 Å². The number of nitrogens with zero attached hydrogens (tertiary/aromatic N) is 3. The summed E-state index contributed by atoms with van der Waals surface area (Å²) in [4.78, 5) is 8.71. The van der Waals surface area contributed by atoms with Crippen molar-refractivity contribution in [3.63, 3.8) is 0 Å². The van der Waals surface area contributed by atoms with E-state index in [0.717, 1.165) is 53.3 Å². The zero-order chi connectivity index (χ0) is 27.7. The van der Waals surface area contributed by atoms with E-state index in [1.165, 1.54) is 5.56 Å². The Morgan fingerprint density at radius 3 is 2.10 bits per heavy atom. The summed E-state index contributed by atoms with van der Waals surface area (Å²) < 4.78 is 20.2. The first-order valence-corrected chi connectivity index (χ1v) is 13.8. The van der Waals surface area contributed by atoms with E-state index in [9.17, 15) is 0 Å². The number of hydrogen-bond donors (Lipinski definition) is 0. The molecule has 2 aromatic heterocycles. The Hall–Kier alpha value is -5.10. The third-order valence-electron chi connectivity index (χ3n) is 6.86. The Balaban J connectivity index is 1.04. The minimum Gasteiger partial charge on any atom is -0.487 e. The van der Waals surface area contributed by atoms with Gasteiger partial charge in [0.15, 0.2) is 0 Å². The van der Waals surface area contributed by atoms with E-state index >= 15 is 0 Å². The summed E-state index contributed by atoms with van der Waals surface area (Å²) >= 11 is 0. The van der Waals surface area contributed by atoms with Crippen molar-refractivity contribution in [3.8, 4) is 23.0 Å². The Bertz CT molecular complexity index is 1570. The first-order chi connectivity index (χ1) is 20.3. The summed E-state index contributed by atoms with van der Waals surface area (Å²) in [5, 5.41) is 0. The van der Waals surface area contributed by atoms with Crippen LogP contribution < -0.4 is 9.47 Å². The van der Waals surface area contributed by atoms with E-state index < -0.39 is 0 Å². The predicted octanol–water partition coefficient (Wildman–Crippen LogP) is 7.92. The second-order valence-electron chi connectivity index (χ2n) is 9.82. The van der Waals surface area contributed by atoms with E-state index in [1.807, 2.05) is 91.5 Å². The molecular weight excluding hydrogens is 510 g/mol. The van der Waals surface area contributed by atoms with Crippen molar-refractivity contribution < 1.29 is 13.9 Å². The standard InChI is InChI=1S/C35H31N3O3/c1-3-9-28(10-4-1)34(29-11-5-2-6-12-29)41-33-19-15-30(16-20-33)35-37-31(25-40-35)24-39-32-17-13-27(14-18-32)8-7-22-38-23-21-36-26-38/h1-6,9-21,23,25-26,34H,7-8,22,24H2. The minimum absolute atomic E-state index is 0.204. The number of hydrogen-bond acceptors (Lipinski definition) is 5. The van der Waals surface area contributed by atoms with Crippen molar-refractivity contribution in [1.82, 2.24) is 14.5 Å². The van der Waals surface area contributed by atoms with Gasteiger partial charge in [-0.2, -0.15) is 0 Å². The summed E-state index contributed by atoms with van der Waals surface area (Å²) in [5.74, 6) is 2.12. The highest BCUT2D eigenvalue weighted by Crippen LogP contribution is 2.30. The molecule has 0 aliphatic heterocycles. The average Bonchev–Trinajstić information content (AvgIpc) is 3.74. The lowest BCUT2D eigenvalue weighted by atomic mass is 10.0. The molecular formula is C35H31N3O3. The van der Waals surface area contributed by atoms with Crippen molar-refractivity contribution in [2.45, 2.75) is 32.1 Å². The maximum absolute atomic E-state index is 6.44. The second kappa shape index (κ2) is 12.8. The number of benzene rings is 4. The van der Waals surface area contributed by atoms with Gasteiger partial charge in [0, 0.05) is 24.5 Å². The smallest absolute Gasteiger partial charge is 0.226 e. The Labute approximate surface area is 239 Å². The van der Waals surface area contributed by atoms with Gasteiger partial charge in [0.05, 0.1) is 6.33 Å². The molecule has 6 rings (SSSR count). The van der Waals surface area contributed by atoms with Gasteiger partial charge in [0.25, 0.3) is 0 Å². The molecule has 2 heterocycles. The Morgan fingerprint density at radius 1 is 0.756 bits per heavy atom. The summed E-state index contributed by atoms with van der Waals surface area (Å²) in [6, 6.07) is 36.5. The van der Waals surface area contributed by atoms with Crippen LogP contribution in [0.5, 0.6) is 11.5 Å². The topological polar surface area (TPSA) is 62.3 Å². The molecule has 0 aliphatic carbocycles. The molecule has 0 saturated heterocycles. The quantitative estimate of drug-likeness (QED) is 0.157. The van der Waals surface area contributed by atoms with Gasteiger partial charge >= 0.3 is 0 Å². The van der Waals surface area contributed by atoms with Gasteiger partial charge in [-0.1, -0.05) is 72.8 Å². The fraction of sp³-hybridized carbons (Fsp3) is 0.143. The maximum atomic E-state index is 6.44. The third kappa shape index (κ3) is 6.92. The number of rotatable bonds is 12. The Kier molecular flexibility index (Phi) is 8.18. The van der Waals surface area contributed by atoms with E-state index in [2.05, 4.69) is 50.9 Å². The van der Waals surface area contributed by atoms with Crippen LogP contribution in [0.2, 0.25) is 0 Å². The predicted molar refractivity (Wildman–Crippen MR) is 159 cm³/mol. The van der Waals surface area contributed by atoms with E-state index in [1.54, 1.807) is 6.26 Å². The van der Waals surface area contributed by atoms with Crippen LogP contribution in [0.4, 0.5) is 0 Å². The highest BCUT2D eigenvalue weighted by molar-refractivity contribution is 5.54. The first kappa shape index (κ1) is 26.1. The number of ether oxygens (including phenoxy) is 2. The molecule has 0 spiro atoms. The fourth-order valence-electron chi connectivity index (χ4n) is 4.70. The highest BCUT2D eigenvalue weighted by Gasteiger charge is 2.16. The van der Waals surface area contributed by atoms with Crippen molar-refractivity contribution in [1.29, 1.82) is 0 Å². The van der Waals surface area contributed by atoms with Crippen LogP contribution in [0, 0.1) is 0 Å². The summed E-state index contributed by atoms with van der Waals surface area (Å²) in [7, 11) is 0. The van der Waals surface area contributed by atoms with Gasteiger partial charge in [0.1, 0.15) is 36.2 Å². The molecule has 204 valence electrons. The lowest BCUT2D eigenvalue weighted by Crippen LogP contribution is -2.09. The SMILES string of the molecule is c1ccc(C(Oc2ccc(-c3nc(COc4ccc(CCCn5ccnc5)cc4)co3)cc2)c2ccccc2)cc1. The molecule has 6 heteroatoms. The molecule has 0 amide bonds. The lowest BCUT2D eigenvalue weighted by molar-refractivity contribution is 0.247. The van der Waals surface area contributed by atoms with Crippen LogP contribution in [0.25, 0.3) is 11.5 Å². The first-order valence-electron chi connectivity index (χ1n) is 13.8.